The van der Waals surface area contributed by atoms with Crippen LogP contribution in [0.5, 0.6) is 5.75 Å². The van der Waals surface area contributed by atoms with Crippen LogP contribution in [0.1, 0.15) is 0 Å². The number of halogens is 1. The van der Waals surface area contributed by atoms with Crippen LogP contribution < -0.4 is 4.74 Å². The molecule has 0 spiro atoms. The number of nitrogens with zero attached hydrogens (tertiary/aromatic N) is 1. The van der Waals surface area contributed by atoms with Crippen molar-refractivity contribution in [3.05, 3.63) is 23.5 Å². The van der Waals surface area contributed by atoms with Gasteiger partial charge in [0, 0.05) is 12.3 Å². The molecule has 0 aliphatic rings. The Balaban J connectivity index is 2.94. The molecule has 47 valence electrons. The van der Waals surface area contributed by atoms with Gasteiger partial charge in [-0.05, 0) is 0 Å². The number of hydrogen-bond acceptors (Lipinski definition) is 2. The molecule has 9 heavy (non-hydrogen) atoms. The fourth-order valence-corrected chi connectivity index (χ4v) is 0.605. The summed E-state index contributed by atoms with van der Waals surface area (Å²) in [7, 11) is 1.55. The Morgan fingerprint density at radius 1 is 1.78 bits per heavy atom. The first kappa shape index (κ1) is 6.36. The highest BCUT2D eigenvalue weighted by Gasteiger charge is 1.90. The summed E-state index contributed by atoms with van der Waals surface area (Å²) in [6.07, 6.45) is 4.11. The van der Waals surface area contributed by atoms with Crippen LogP contribution in [0.3, 0.4) is 0 Å². The molecular weight excluding hydrogens is 138 g/mol. The Labute approximate surface area is 58.4 Å². The lowest BCUT2D eigenvalue weighted by Crippen LogP contribution is -1.82. The molecule has 1 aromatic rings. The molecule has 0 unspecified atom stereocenters. The molecule has 0 saturated heterocycles. The first-order chi connectivity index (χ1) is 4.33. The van der Waals surface area contributed by atoms with Crippen LogP contribution in [0.25, 0.3) is 0 Å². The van der Waals surface area contributed by atoms with E-state index in [9.17, 15) is 0 Å². The van der Waals surface area contributed by atoms with E-state index in [4.69, 9.17) is 16.3 Å². The number of rotatable bonds is 1. The van der Waals surface area contributed by atoms with Crippen molar-refractivity contribution in [2.45, 2.75) is 0 Å². The molecule has 0 amide bonds. The molecule has 1 aromatic heterocycles. The summed E-state index contributed by atoms with van der Waals surface area (Å²) >= 11 is 5.56. The van der Waals surface area contributed by atoms with Crippen LogP contribution in [0.15, 0.2) is 12.3 Å². The van der Waals surface area contributed by atoms with Gasteiger partial charge < -0.3 is 4.74 Å². The van der Waals surface area contributed by atoms with E-state index in [1.165, 1.54) is 6.20 Å². The molecule has 0 aliphatic heterocycles. The first-order valence-electron chi connectivity index (χ1n) is 2.40. The second kappa shape index (κ2) is 2.69. The van der Waals surface area contributed by atoms with Crippen molar-refractivity contribution in [2.24, 2.45) is 0 Å². The van der Waals surface area contributed by atoms with Gasteiger partial charge in [-0.1, -0.05) is 11.6 Å². The van der Waals surface area contributed by atoms with Crippen molar-refractivity contribution in [3.8, 4) is 5.75 Å². The minimum Gasteiger partial charge on any atom is -0.494 e. The zero-order chi connectivity index (χ0) is 6.69. The Hall–Kier alpha value is -0.760. The Bertz CT molecular complexity index is 202. The normalized spacial score (nSPS) is 9.11. The predicted octanol–water partition coefficient (Wildman–Crippen LogP) is 1.54. The van der Waals surface area contributed by atoms with Crippen molar-refractivity contribution < 1.29 is 4.74 Å². The number of methoxy groups -OCH3 is 1. The van der Waals surface area contributed by atoms with Gasteiger partial charge in [0.25, 0.3) is 0 Å². The zero-order valence-electron chi connectivity index (χ0n) is 4.89. The van der Waals surface area contributed by atoms with Crippen LogP contribution in [0, 0.1) is 6.20 Å². The van der Waals surface area contributed by atoms with Gasteiger partial charge in [0.15, 0.2) is 0 Å². The van der Waals surface area contributed by atoms with Crippen molar-refractivity contribution in [2.75, 3.05) is 7.11 Å². The highest BCUT2D eigenvalue weighted by atomic mass is 35.5. The standard InChI is InChI=1S/C6H5ClNO/c1-9-6-2-5(7)3-8-4-6/h2-3H,1H3. The first-order valence-corrected chi connectivity index (χ1v) is 2.78. The van der Waals surface area contributed by atoms with E-state index in [1.54, 1.807) is 13.2 Å². The topological polar surface area (TPSA) is 22.1 Å². The van der Waals surface area contributed by atoms with Gasteiger partial charge in [-0.25, -0.2) is 4.98 Å². The predicted molar refractivity (Wildman–Crippen MR) is 34.6 cm³/mol. The largest absolute Gasteiger partial charge is 0.494 e. The van der Waals surface area contributed by atoms with Crippen molar-refractivity contribution in [1.82, 2.24) is 4.98 Å². The maximum absolute atomic E-state index is 5.56. The summed E-state index contributed by atoms with van der Waals surface area (Å²) in [6, 6.07) is 1.65. The SMILES string of the molecule is COc1[c]ncc(Cl)c1. The van der Waals surface area contributed by atoms with E-state index in [-0.39, 0.29) is 0 Å². The fraction of sp³-hybridized carbons (Fsp3) is 0.167. The van der Waals surface area contributed by atoms with Crippen LogP contribution in [0.2, 0.25) is 5.02 Å². The van der Waals surface area contributed by atoms with Crippen LogP contribution in [0.4, 0.5) is 0 Å². The number of pyridine rings is 1. The molecule has 0 N–H and O–H groups in total. The van der Waals surface area contributed by atoms with Gasteiger partial charge >= 0.3 is 0 Å². The van der Waals surface area contributed by atoms with E-state index in [2.05, 4.69) is 11.2 Å². The lowest BCUT2D eigenvalue weighted by molar-refractivity contribution is 0.412. The number of aromatic nitrogens is 1. The van der Waals surface area contributed by atoms with Crippen molar-refractivity contribution in [3.63, 3.8) is 0 Å². The lowest BCUT2D eigenvalue weighted by atomic mass is 10.5. The highest BCUT2D eigenvalue weighted by Crippen LogP contribution is 2.12. The summed E-state index contributed by atoms with van der Waals surface area (Å²) in [5, 5.41) is 0.561. The van der Waals surface area contributed by atoms with Crippen LogP contribution >= 0.6 is 11.6 Å². The molecule has 1 radical (unpaired) electrons. The third kappa shape index (κ3) is 1.57. The van der Waals surface area contributed by atoms with Crippen molar-refractivity contribution >= 4 is 11.6 Å². The quantitative estimate of drug-likeness (QED) is 0.594. The maximum atomic E-state index is 5.56. The molecule has 0 aromatic carbocycles. The van der Waals surface area contributed by atoms with Gasteiger partial charge in [0.1, 0.15) is 11.9 Å². The van der Waals surface area contributed by atoms with E-state index < -0.39 is 0 Å². The number of ether oxygens (including phenoxy) is 1. The molecule has 0 aliphatic carbocycles. The van der Waals surface area contributed by atoms with Gasteiger partial charge in [0.05, 0.1) is 12.1 Å². The summed E-state index contributed by atoms with van der Waals surface area (Å²) < 4.78 is 4.79. The summed E-state index contributed by atoms with van der Waals surface area (Å²) in [4.78, 5) is 3.67. The van der Waals surface area contributed by atoms with E-state index in [1.807, 2.05) is 0 Å². The molecule has 3 heteroatoms. The number of hydrogen-bond donors (Lipinski definition) is 0. The average molecular weight is 143 g/mol. The Morgan fingerprint density at radius 3 is 3.00 bits per heavy atom. The smallest absolute Gasteiger partial charge is 0.148 e. The minimum atomic E-state index is 0.558. The van der Waals surface area contributed by atoms with Gasteiger partial charge in [0.2, 0.25) is 0 Å². The molecule has 1 rings (SSSR count). The third-order valence-corrected chi connectivity index (χ3v) is 1.06. The molecule has 2 nitrogen and oxygen atoms in total. The maximum Gasteiger partial charge on any atom is 0.148 e. The lowest BCUT2D eigenvalue weighted by Gasteiger charge is -1.94. The van der Waals surface area contributed by atoms with Crippen LogP contribution in [-0.2, 0) is 0 Å². The molecular formula is C6H5ClNO. The van der Waals surface area contributed by atoms with E-state index in [0.717, 1.165) is 0 Å². The van der Waals surface area contributed by atoms with Gasteiger partial charge in [-0.15, -0.1) is 0 Å². The minimum absolute atomic E-state index is 0.558. The average Bonchev–Trinajstić information content (AvgIpc) is 1.88. The zero-order valence-corrected chi connectivity index (χ0v) is 5.64. The van der Waals surface area contributed by atoms with E-state index in [0.29, 0.717) is 10.8 Å². The molecule has 1 heterocycles. The van der Waals surface area contributed by atoms with Crippen molar-refractivity contribution in [1.29, 1.82) is 0 Å². The van der Waals surface area contributed by atoms with Crippen LogP contribution in [-0.4, -0.2) is 12.1 Å². The molecule has 0 fully saturated rings. The fourth-order valence-electron chi connectivity index (χ4n) is 0.457. The second-order valence-corrected chi connectivity index (χ2v) is 1.90. The van der Waals surface area contributed by atoms with Gasteiger partial charge in [-0.3, -0.25) is 0 Å². The summed E-state index contributed by atoms with van der Waals surface area (Å²) in [5.74, 6) is 0.558. The summed E-state index contributed by atoms with van der Waals surface area (Å²) in [5.41, 5.74) is 0. The monoisotopic (exact) mass is 142 g/mol. The molecule has 0 saturated carbocycles. The van der Waals surface area contributed by atoms with E-state index >= 15 is 0 Å². The molecule has 0 bridgehead atoms. The Kier molecular flexibility index (Phi) is 1.90. The van der Waals surface area contributed by atoms with Gasteiger partial charge in [-0.2, -0.15) is 0 Å². The summed E-state index contributed by atoms with van der Waals surface area (Å²) in [6.45, 7) is 0. The highest BCUT2D eigenvalue weighted by molar-refractivity contribution is 6.30. The Morgan fingerprint density at radius 2 is 2.56 bits per heavy atom. The second-order valence-electron chi connectivity index (χ2n) is 1.47. The molecule has 0 atom stereocenters. The third-order valence-electron chi connectivity index (χ3n) is 0.852.